The Bertz CT molecular complexity index is 138. The second-order valence-electron chi connectivity index (χ2n) is 2.40. The maximum atomic E-state index is 10.9. The summed E-state index contributed by atoms with van der Waals surface area (Å²) >= 11 is 0. The van der Waals surface area contributed by atoms with Gasteiger partial charge in [-0.15, -0.1) is 0 Å². The number of hydrogen-bond acceptors (Lipinski definition) is 3. The van der Waals surface area contributed by atoms with Gasteiger partial charge in [0.05, 0.1) is 19.1 Å². The fourth-order valence-corrected chi connectivity index (χ4v) is 0.956. The number of nitrogens with zero attached hydrogens (tertiary/aromatic N) is 1. The molecule has 4 nitrogen and oxygen atoms in total. The van der Waals surface area contributed by atoms with E-state index < -0.39 is 0 Å². The molecule has 1 heterocycles. The summed E-state index contributed by atoms with van der Waals surface area (Å²) in [5.41, 5.74) is 5.24. The van der Waals surface area contributed by atoms with Crippen molar-refractivity contribution < 1.29 is 9.63 Å². The zero-order chi connectivity index (χ0) is 7.56. The molecule has 0 saturated carbocycles. The molecule has 58 valence electrons. The van der Waals surface area contributed by atoms with Crippen LogP contribution < -0.4 is 5.73 Å². The van der Waals surface area contributed by atoms with Gasteiger partial charge in [-0.3, -0.25) is 9.63 Å². The maximum Gasteiger partial charge on any atom is 0.248 e. The van der Waals surface area contributed by atoms with Crippen LogP contribution in [0.5, 0.6) is 0 Å². The summed E-state index contributed by atoms with van der Waals surface area (Å²) in [4.78, 5) is 16.0. The second-order valence-corrected chi connectivity index (χ2v) is 2.40. The predicted octanol–water partition coefficient (Wildman–Crippen LogP) is -0.502. The van der Waals surface area contributed by atoms with Crippen LogP contribution in [0, 0.1) is 0 Å². The predicted molar refractivity (Wildman–Crippen MR) is 35.9 cm³/mol. The Morgan fingerprint density at radius 3 is 3.00 bits per heavy atom. The summed E-state index contributed by atoms with van der Waals surface area (Å²) in [6.45, 7) is 2.83. The molecule has 1 atom stereocenters. The van der Waals surface area contributed by atoms with Gasteiger partial charge in [0.15, 0.2) is 0 Å². The Labute approximate surface area is 59.9 Å². The normalized spacial score (nSPS) is 26.0. The van der Waals surface area contributed by atoms with Crippen LogP contribution >= 0.6 is 0 Å². The lowest BCUT2D eigenvalue weighted by Crippen LogP contribution is -2.29. The van der Waals surface area contributed by atoms with Crippen molar-refractivity contribution >= 4 is 5.91 Å². The van der Waals surface area contributed by atoms with Crippen molar-refractivity contribution in [3.8, 4) is 0 Å². The molecule has 0 aliphatic carbocycles. The Morgan fingerprint density at radius 2 is 2.60 bits per heavy atom. The molecule has 0 radical (unpaired) electrons. The van der Waals surface area contributed by atoms with Crippen LogP contribution in [0.25, 0.3) is 0 Å². The highest BCUT2D eigenvalue weighted by atomic mass is 16.7. The van der Waals surface area contributed by atoms with E-state index in [1.54, 1.807) is 0 Å². The molecule has 1 amide bonds. The zero-order valence-corrected chi connectivity index (χ0v) is 6.04. The Hall–Kier alpha value is -0.610. The standard InChI is InChI=1S/C6H12N2O2/c1-5-4-6(9)8(10-5)3-2-7/h5H,2-4,7H2,1H3. The molecule has 10 heavy (non-hydrogen) atoms. The molecular formula is C6H12N2O2. The summed E-state index contributed by atoms with van der Waals surface area (Å²) < 4.78 is 0. The van der Waals surface area contributed by atoms with Gasteiger partial charge in [-0.05, 0) is 6.92 Å². The first kappa shape index (κ1) is 7.50. The zero-order valence-electron chi connectivity index (χ0n) is 6.04. The van der Waals surface area contributed by atoms with Crippen LogP contribution in [0.15, 0.2) is 0 Å². The van der Waals surface area contributed by atoms with Gasteiger partial charge in [-0.2, -0.15) is 0 Å². The lowest BCUT2D eigenvalue weighted by atomic mass is 10.3. The monoisotopic (exact) mass is 144 g/mol. The van der Waals surface area contributed by atoms with E-state index in [1.807, 2.05) is 6.92 Å². The number of carbonyl (C=O) groups excluding carboxylic acids is 1. The minimum atomic E-state index is 0.0269. The third-order valence-corrected chi connectivity index (χ3v) is 1.38. The van der Waals surface area contributed by atoms with Crippen molar-refractivity contribution in [3.05, 3.63) is 0 Å². The molecular weight excluding hydrogens is 132 g/mol. The first-order chi connectivity index (χ1) is 4.74. The average Bonchev–Trinajstić information content (AvgIpc) is 2.13. The van der Waals surface area contributed by atoms with Crippen LogP contribution in [0.4, 0.5) is 0 Å². The van der Waals surface area contributed by atoms with Gasteiger partial charge in [0.1, 0.15) is 0 Å². The van der Waals surface area contributed by atoms with Crippen molar-refractivity contribution in [1.82, 2.24) is 5.06 Å². The van der Waals surface area contributed by atoms with Gasteiger partial charge in [0.2, 0.25) is 5.91 Å². The van der Waals surface area contributed by atoms with Gasteiger partial charge in [0.25, 0.3) is 0 Å². The Kier molecular flexibility index (Phi) is 2.24. The van der Waals surface area contributed by atoms with Gasteiger partial charge >= 0.3 is 0 Å². The molecule has 0 bridgehead atoms. The van der Waals surface area contributed by atoms with Crippen LogP contribution in [0.2, 0.25) is 0 Å². The van der Waals surface area contributed by atoms with Crippen molar-refractivity contribution in [3.63, 3.8) is 0 Å². The van der Waals surface area contributed by atoms with E-state index in [9.17, 15) is 4.79 Å². The first-order valence-corrected chi connectivity index (χ1v) is 3.41. The highest BCUT2D eigenvalue weighted by Crippen LogP contribution is 2.12. The topological polar surface area (TPSA) is 55.6 Å². The molecule has 4 heteroatoms. The Balaban J connectivity index is 2.39. The van der Waals surface area contributed by atoms with Gasteiger partial charge in [-0.1, -0.05) is 0 Å². The molecule has 0 aromatic carbocycles. The molecule has 1 saturated heterocycles. The smallest absolute Gasteiger partial charge is 0.248 e. The number of hydroxylamine groups is 2. The van der Waals surface area contributed by atoms with Crippen molar-refractivity contribution in [1.29, 1.82) is 0 Å². The summed E-state index contributed by atoms with van der Waals surface area (Å²) in [5, 5.41) is 1.34. The molecule has 1 rings (SSSR count). The summed E-state index contributed by atoms with van der Waals surface area (Å²) in [7, 11) is 0. The molecule has 0 spiro atoms. The summed E-state index contributed by atoms with van der Waals surface area (Å²) in [5.74, 6) is 0.0398. The maximum absolute atomic E-state index is 10.9. The number of rotatable bonds is 2. The van der Waals surface area contributed by atoms with Crippen molar-refractivity contribution in [2.75, 3.05) is 13.1 Å². The van der Waals surface area contributed by atoms with E-state index in [-0.39, 0.29) is 12.0 Å². The SMILES string of the molecule is CC1CC(=O)N(CCN)O1. The van der Waals surface area contributed by atoms with E-state index in [4.69, 9.17) is 10.6 Å². The lowest BCUT2D eigenvalue weighted by Gasteiger charge is -2.12. The van der Waals surface area contributed by atoms with Crippen LogP contribution in [-0.2, 0) is 9.63 Å². The summed E-state index contributed by atoms with van der Waals surface area (Å²) in [6.07, 6.45) is 0.513. The third kappa shape index (κ3) is 1.46. The highest BCUT2D eigenvalue weighted by Gasteiger charge is 2.26. The number of carbonyl (C=O) groups is 1. The van der Waals surface area contributed by atoms with Gasteiger partial charge in [-0.25, -0.2) is 5.06 Å². The minimum absolute atomic E-state index is 0.0269. The van der Waals surface area contributed by atoms with Gasteiger partial charge in [0, 0.05) is 6.54 Å². The van der Waals surface area contributed by atoms with Crippen molar-refractivity contribution in [2.24, 2.45) is 5.73 Å². The molecule has 1 unspecified atom stereocenters. The molecule has 2 N–H and O–H groups in total. The van der Waals surface area contributed by atoms with E-state index in [2.05, 4.69) is 0 Å². The van der Waals surface area contributed by atoms with Crippen molar-refractivity contribution in [2.45, 2.75) is 19.4 Å². The fourth-order valence-electron chi connectivity index (χ4n) is 0.956. The minimum Gasteiger partial charge on any atom is -0.329 e. The van der Waals surface area contributed by atoms with Crippen LogP contribution in [-0.4, -0.2) is 30.2 Å². The van der Waals surface area contributed by atoms with E-state index in [0.29, 0.717) is 19.5 Å². The fraction of sp³-hybridized carbons (Fsp3) is 0.833. The third-order valence-electron chi connectivity index (χ3n) is 1.38. The van der Waals surface area contributed by atoms with Gasteiger partial charge < -0.3 is 5.73 Å². The lowest BCUT2D eigenvalue weighted by molar-refractivity contribution is -0.169. The molecule has 0 aromatic heterocycles. The number of amides is 1. The molecule has 1 aliphatic heterocycles. The van der Waals surface area contributed by atoms with E-state index in [0.717, 1.165) is 0 Å². The molecule has 0 aromatic rings. The Morgan fingerprint density at radius 1 is 1.90 bits per heavy atom. The second kappa shape index (κ2) is 2.98. The van der Waals surface area contributed by atoms with E-state index >= 15 is 0 Å². The van der Waals surface area contributed by atoms with Crippen LogP contribution in [0.1, 0.15) is 13.3 Å². The highest BCUT2D eigenvalue weighted by molar-refractivity contribution is 5.76. The number of nitrogens with two attached hydrogens (primary N) is 1. The average molecular weight is 144 g/mol. The van der Waals surface area contributed by atoms with E-state index in [1.165, 1.54) is 5.06 Å². The van der Waals surface area contributed by atoms with Crippen LogP contribution in [0.3, 0.4) is 0 Å². The summed E-state index contributed by atoms with van der Waals surface area (Å²) in [6, 6.07) is 0. The molecule has 1 aliphatic rings. The first-order valence-electron chi connectivity index (χ1n) is 3.41. The molecule has 1 fully saturated rings. The number of hydrogen-bond donors (Lipinski definition) is 1. The quantitative estimate of drug-likeness (QED) is 0.568. The largest absolute Gasteiger partial charge is 0.329 e.